The van der Waals surface area contributed by atoms with Crippen LogP contribution < -0.4 is 15.0 Å². The normalized spacial score (nSPS) is 14.2. The number of aliphatic imine (C=N–C) groups is 2. The molecule has 3 aromatic carbocycles. The minimum absolute atomic E-state index is 0.0458. The molecule has 222 valence electrons. The lowest BCUT2D eigenvalue weighted by molar-refractivity contribution is -0.110. The van der Waals surface area contributed by atoms with E-state index in [1.807, 2.05) is 25.1 Å². The van der Waals surface area contributed by atoms with Gasteiger partial charge in [-0.3, -0.25) is 4.79 Å². The lowest BCUT2D eigenvalue weighted by Gasteiger charge is -2.30. The molecule has 10 nitrogen and oxygen atoms in total. The molecular formula is C31H37N5O5S. The number of benzene rings is 3. The summed E-state index contributed by atoms with van der Waals surface area (Å²) in [5, 5.41) is 2.86. The van der Waals surface area contributed by atoms with Gasteiger partial charge in [0.15, 0.2) is 11.5 Å². The molecule has 1 heterocycles. The van der Waals surface area contributed by atoms with Crippen molar-refractivity contribution < 1.29 is 22.7 Å². The summed E-state index contributed by atoms with van der Waals surface area (Å²) in [5.74, 6) is -0.244. The van der Waals surface area contributed by atoms with Crippen LogP contribution in [-0.4, -0.2) is 70.6 Å². The van der Waals surface area contributed by atoms with Gasteiger partial charge in [0.25, 0.3) is 15.9 Å². The van der Waals surface area contributed by atoms with Gasteiger partial charge in [-0.2, -0.15) is 0 Å². The molecule has 0 aliphatic carbocycles. The van der Waals surface area contributed by atoms with Crippen LogP contribution in [0.25, 0.3) is 0 Å². The maximum absolute atomic E-state index is 14.0. The minimum atomic E-state index is -4.05. The first-order valence-corrected chi connectivity index (χ1v) is 15.3. The van der Waals surface area contributed by atoms with E-state index in [1.54, 1.807) is 49.6 Å². The molecule has 0 spiro atoms. The number of sulfonamides is 1. The Morgan fingerprint density at radius 3 is 2.43 bits per heavy atom. The standard InChI is InChI=1S/C31H37N5O5S/c1-6-35(7-2)23-17-18-24(22(3)21-23)32-29(31(37)34-25-13-8-10-15-27(25)41-5)30-33-26-14-9-11-16-28(26)42(38,39)36(30)19-12-20-40-4/h8-11,13-18,21H,6-7,12,19-20H2,1-5H3,(H,34,37). The number of hydrogen-bond acceptors (Lipinski definition) is 8. The molecule has 4 rings (SSSR count). The summed E-state index contributed by atoms with van der Waals surface area (Å²) in [4.78, 5) is 25.8. The van der Waals surface area contributed by atoms with Crippen LogP contribution in [0.4, 0.5) is 22.7 Å². The second-order valence-corrected chi connectivity index (χ2v) is 11.4. The number of anilines is 2. The van der Waals surface area contributed by atoms with E-state index >= 15 is 0 Å². The fraction of sp³-hybridized carbons (Fsp3) is 0.323. The summed E-state index contributed by atoms with van der Waals surface area (Å²) in [6, 6.07) is 19.2. The van der Waals surface area contributed by atoms with Gasteiger partial charge in [-0.05, 0) is 75.2 Å². The molecule has 0 unspecified atom stereocenters. The highest BCUT2D eigenvalue weighted by atomic mass is 32.2. The molecule has 0 atom stereocenters. The number of para-hydroxylation sites is 3. The zero-order valence-electron chi connectivity index (χ0n) is 24.6. The molecule has 0 saturated heterocycles. The van der Waals surface area contributed by atoms with Crippen LogP contribution in [-0.2, 0) is 19.6 Å². The van der Waals surface area contributed by atoms with Gasteiger partial charge >= 0.3 is 0 Å². The number of fused-ring (bicyclic) bond motifs is 1. The summed E-state index contributed by atoms with van der Waals surface area (Å²) in [7, 11) is -0.993. The zero-order chi connectivity index (χ0) is 30.3. The van der Waals surface area contributed by atoms with E-state index < -0.39 is 15.9 Å². The van der Waals surface area contributed by atoms with Gasteiger partial charge in [0.05, 0.1) is 24.2 Å². The third-order valence-electron chi connectivity index (χ3n) is 6.93. The lowest BCUT2D eigenvalue weighted by Crippen LogP contribution is -2.47. The molecule has 1 aliphatic rings. The highest BCUT2D eigenvalue weighted by Crippen LogP contribution is 2.34. The molecule has 0 bridgehead atoms. The molecule has 1 amide bonds. The van der Waals surface area contributed by atoms with Gasteiger partial charge in [0, 0.05) is 39.0 Å². The van der Waals surface area contributed by atoms with Gasteiger partial charge in [-0.25, -0.2) is 22.7 Å². The van der Waals surface area contributed by atoms with Crippen LogP contribution in [0.5, 0.6) is 5.75 Å². The van der Waals surface area contributed by atoms with Crippen molar-refractivity contribution in [2.75, 3.05) is 50.7 Å². The van der Waals surface area contributed by atoms with Crippen molar-refractivity contribution >= 4 is 50.2 Å². The Kier molecular flexibility index (Phi) is 9.97. The largest absolute Gasteiger partial charge is 0.495 e. The Morgan fingerprint density at radius 2 is 1.74 bits per heavy atom. The minimum Gasteiger partial charge on any atom is -0.495 e. The number of amidine groups is 1. The highest BCUT2D eigenvalue weighted by Gasteiger charge is 2.38. The van der Waals surface area contributed by atoms with E-state index in [-0.39, 0.29) is 28.7 Å². The summed E-state index contributed by atoms with van der Waals surface area (Å²) >= 11 is 0. The summed E-state index contributed by atoms with van der Waals surface area (Å²) in [6.45, 7) is 8.14. The molecule has 3 aromatic rings. The molecule has 0 aromatic heterocycles. The molecule has 0 fully saturated rings. The zero-order valence-corrected chi connectivity index (χ0v) is 25.4. The number of nitrogens with one attached hydrogen (secondary N) is 1. The maximum atomic E-state index is 14.0. The van der Waals surface area contributed by atoms with Crippen LogP contribution in [0.15, 0.2) is 81.6 Å². The van der Waals surface area contributed by atoms with Crippen molar-refractivity contribution in [3.8, 4) is 5.75 Å². The predicted molar refractivity (Wildman–Crippen MR) is 167 cm³/mol. The van der Waals surface area contributed by atoms with Crippen LogP contribution in [0.1, 0.15) is 25.8 Å². The Hall–Kier alpha value is -4.22. The maximum Gasteiger partial charge on any atom is 0.278 e. The Bertz CT molecular complexity index is 1600. The second-order valence-electron chi connectivity index (χ2n) is 9.58. The monoisotopic (exact) mass is 591 g/mol. The average molecular weight is 592 g/mol. The SMILES string of the molecule is CCN(CC)c1ccc(N=C(C(=O)Nc2ccccc2OC)C2=Nc3ccccc3S(=O)(=O)N2CCCOC)c(C)c1. The van der Waals surface area contributed by atoms with Crippen molar-refractivity contribution in [2.24, 2.45) is 9.98 Å². The van der Waals surface area contributed by atoms with E-state index in [4.69, 9.17) is 19.5 Å². The number of ether oxygens (including phenoxy) is 2. The summed E-state index contributed by atoms with van der Waals surface area (Å²) < 4.78 is 39.5. The smallest absolute Gasteiger partial charge is 0.278 e. The van der Waals surface area contributed by atoms with Crippen LogP contribution in [0, 0.1) is 6.92 Å². The Morgan fingerprint density at radius 1 is 1.02 bits per heavy atom. The predicted octanol–water partition coefficient (Wildman–Crippen LogP) is 5.33. The van der Waals surface area contributed by atoms with E-state index in [1.165, 1.54) is 13.2 Å². The third kappa shape index (κ3) is 6.47. The highest BCUT2D eigenvalue weighted by molar-refractivity contribution is 7.90. The third-order valence-corrected chi connectivity index (χ3v) is 8.77. The van der Waals surface area contributed by atoms with E-state index in [2.05, 4.69) is 24.1 Å². The first kappa shape index (κ1) is 30.7. The van der Waals surface area contributed by atoms with Crippen molar-refractivity contribution in [3.05, 3.63) is 72.3 Å². The fourth-order valence-electron chi connectivity index (χ4n) is 4.72. The van der Waals surface area contributed by atoms with Gasteiger partial charge in [-0.15, -0.1) is 0 Å². The van der Waals surface area contributed by atoms with Gasteiger partial charge < -0.3 is 19.7 Å². The van der Waals surface area contributed by atoms with Crippen molar-refractivity contribution in [1.29, 1.82) is 0 Å². The van der Waals surface area contributed by atoms with Gasteiger partial charge in [0.1, 0.15) is 10.6 Å². The fourth-order valence-corrected chi connectivity index (χ4v) is 6.31. The van der Waals surface area contributed by atoms with E-state index in [0.717, 1.165) is 28.6 Å². The lowest BCUT2D eigenvalue weighted by atomic mass is 10.1. The molecule has 0 saturated carbocycles. The number of methoxy groups -OCH3 is 2. The van der Waals surface area contributed by atoms with Crippen LogP contribution >= 0.6 is 0 Å². The molecule has 42 heavy (non-hydrogen) atoms. The average Bonchev–Trinajstić information content (AvgIpc) is 2.99. The molecule has 1 N–H and O–H groups in total. The number of nitrogens with zero attached hydrogens (tertiary/aromatic N) is 4. The van der Waals surface area contributed by atoms with Gasteiger partial charge in [-0.1, -0.05) is 24.3 Å². The van der Waals surface area contributed by atoms with Crippen molar-refractivity contribution in [3.63, 3.8) is 0 Å². The number of hydrogen-bond donors (Lipinski definition) is 1. The molecular weight excluding hydrogens is 554 g/mol. The van der Waals surface area contributed by atoms with Crippen molar-refractivity contribution in [1.82, 2.24) is 4.31 Å². The van der Waals surface area contributed by atoms with Crippen LogP contribution in [0.2, 0.25) is 0 Å². The Labute approximate surface area is 247 Å². The summed E-state index contributed by atoms with van der Waals surface area (Å²) in [6.07, 6.45) is 0.385. The van der Waals surface area contributed by atoms with Crippen LogP contribution in [0.3, 0.4) is 0 Å². The number of amides is 1. The second kappa shape index (κ2) is 13.6. The number of rotatable bonds is 12. The Balaban J connectivity index is 1.90. The quantitative estimate of drug-likeness (QED) is 0.225. The van der Waals surface area contributed by atoms with E-state index in [0.29, 0.717) is 30.2 Å². The number of carbonyl (C=O) groups excluding carboxylic acids is 1. The number of aryl methyl sites for hydroxylation is 1. The van der Waals surface area contributed by atoms with Gasteiger partial charge in [0.2, 0.25) is 0 Å². The van der Waals surface area contributed by atoms with E-state index in [9.17, 15) is 13.2 Å². The first-order valence-electron chi connectivity index (χ1n) is 13.8. The molecule has 0 radical (unpaired) electrons. The topological polar surface area (TPSA) is 113 Å². The number of carbonyl (C=O) groups is 1. The van der Waals surface area contributed by atoms with Crippen molar-refractivity contribution in [2.45, 2.75) is 32.1 Å². The molecule has 1 aliphatic heterocycles. The summed E-state index contributed by atoms with van der Waals surface area (Å²) in [5.41, 5.74) is 2.89. The molecule has 11 heteroatoms. The first-order chi connectivity index (χ1) is 20.2.